The summed E-state index contributed by atoms with van der Waals surface area (Å²) in [5, 5.41) is 5.57. The molecule has 0 spiro atoms. The van der Waals surface area contributed by atoms with E-state index in [1.807, 2.05) is 27.7 Å². The van der Waals surface area contributed by atoms with Gasteiger partial charge in [-0.05, 0) is 25.3 Å². The first kappa shape index (κ1) is 11.6. The predicted octanol–water partition coefficient (Wildman–Crippen LogP) is 1.35. The Balaban J connectivity index is 3.15. The molecule has 0 atom stereocenters. The number of hydrogen-bond donors (Lipinski definition) is 2. The van der Waals surface area contributed by atoms with Crippen molar-refractivity contribution >= 4 is 10.8 Å². The van der Waals surface area contributed by atoms with Crippen LogP contribution in [0, 0.1) is 13.8 Å². The van der Waals surface area contributed by atoms with Crippen molar-refractivity contribution in [2.75, 3.05) is 0 Å². The average molecular weight is 233 g/mol. The van der Waals surface area contributed by atoms with E-state index in [0.29, 0.717) is 16.5 Å². The number of aryl methyl sites for hydroxylation is 2. The fourth-order valence-corrected chi connectivity index (χ4v) is 1.99. The van der Waals surface area contributed by atoms with Gasteiger partial charge in [0.25, 0.3) is 11.1 Å². The number of hydrogen-bond acceptors (Lipinski definition) is 3. The Morgan fingerprint density at radius 2 is 1.53 bits per heavy atom. The average Bonchev–Trinajstić information content (AvgIpc) is 2.26. The van der Waals surface area contributed by atoms with E-state index in [2.05, 4.69) is 15.2 Å². The van der Waals surface area contributed by atoms with E-state index >= 15 is 0 Å². The first-order valence-corrected chi connectivity index (χ1v) is 5.55. The molecule has 0 aliphatic carbocycles. The van der Waals surface area contributed by atoms with E-state index in [1.165, 1.54) is 0 Å². The first-order valence-electron chi connectivity index (χ1n) is 5.55. The molecule has 0 bridgehead atoms. The van der Waals surface area contributed by atoms with Crippen molar-refractivity contribution in [2.24, 2.45) is 0 Å². The Hall–Kier alpha value is -1.91. The molecule has 90 valence electrons. The molecule has 0 radical (unpaired) electrons. The maximum absolute atomic E-state index is 11.9. The molecule has 0 unspecified atom stereocenters. The minimum Gasteiger partial charge on any atom is -0.267 e. The molecule has 0 amide bonds. The van der Waals surface area contributed by atoms with Gasteiger partial charge in [0, 0.05) is 5.69 Å². The molecule has 0 aromatic carbocycles. The van der Waals surface area contributed by atoms with Gasteiger partial charge >= 0.3 is 0 Å². The summed E-state index contributed by atoms with van der Waals surface area (Å²) in [5.74, 6) is 0.0969. The van der Waals surface area contributed by atoms with E-state index < -0.39 is 0 Å². The van der Waals surface area contributed by atoms with Gasteiger partial charge in [-0.2, -0.15) is 0 Å². The quantitative estimate of drug-likeness (QED) is 0.780. The third kappa shape index (κ3) is 1.67. The predicted molar refractivity (Wildman–Crippen MR) is 66.5 cm³/mol. The summed E-state index contributed by atoms with van der Waals surface area (Å²) in [6.07, 6.45) is 0. The van der Waals surface area contributed by atoms with Gasteiger partial charge in [0.2, 0.25) is 0 Å². The molecule has 0 saturated carbocycles. The number of aromatic amines is 2. The monoisotopic (exact) mass is 233 g/mol. The molecule has 0 fully saturated rings. The van der Waals surface area contributed by atoms with Crippen molar-refractivity contribution in [1.82, 2.24) is 15.2 Å². The summed E-state index contributed by atoms with van der Waals surface area (Å²) in [5.41, 5.74) is 1.66. The Bertz CT molecular complexity index is 695. The molecule has 2 rings (SSSR count). The summed E-state index contributed by atoms with van der Waals surface area (Å²) in [7, 11) is 0. The number of aromatic nitrogens is 3. The number of H-pyrrole nitrogens is 2. The maximum Gasteiger partial charge on any atom is 0.272 e. The molecular formula is C12H15N3O2. The van der Waals surface area contributed by atoms with Gasteiger partial charge in [-0.15, -0.1) is 0 Å². The molecule has 2 aromatic rings. The maximum atomic E-state index is 11.9. The van der Waals surface area contributed by atoms with Crippen molar-refractivity contribution in [1.29, 1.82) is 0 Å². The number of fused-ring (bicyclic) bond motifs is 1. The lowest BCUT2D eigenvalue weighted by Gasteiger charge is -2.11. The third-order valence-corrected chi connectivity index (χ3v) is 3.00. The molecule has 2 heterocycles. The second-order valence-electron chi connectivity index (χ2n) is 4.52. The molecule has 5 nitrogen and oxygen atoms in total. The van der Waals surface area contributed by atoms with E-state index in [9.17, 15) is 9.59 Å². The van der Waals surface area contributed by atoms with Crippen LogP contribution in [0.15, 0.2) is 9.59 Å². The van der Waals surface area contributed by atoms with Gasteiger partial charge in [0.05, 0.1) is 16.5 Å². The third-order valence-electron chi connectivity index (χ3n) is 3.00. The van der Waals surface area contributed by atoms with Gasteiger partial charge in [-0.3, -0.25) is 24.8 Å². The molecule has 2 aromatic heterocycles. The van der Waals surface area contributed by atoms with E-state index in [1.54, 1.807) is 0 Å². The van der Waals surface area contributed by atoms with Crippen LogP contribution in [-0.4, -0.2) is 15.2 Å². The Morgan fingerprint density at radius 3 is 2.06 bits per heavy atom. The Labute approximate surface area is 97.9 Å². The number of pyridine rings is 1. The second kappa shape index (κ2) is 3.84. The van der Waals surface area contributed by atoms with Crippen molar-refractivity contribution in [3.63, 3.8) is 0 Å². The van der Waals surface area contributed by atoms with Crippen molar-refractivity contribution in [2.45, 2.75) is 33.6 Å². The number of nitrogens with zero attached hydrogens (tertiary/aromatic N) is 1. The second-order valence-corrected chi connectivity index (χ2v) is 4.52. The van der Waals surface area contributed by atoms with Crippen LogP contribution in [0.25, 0.3) is 10.8 Å². The molecule has 0 saturated heterocycles. The van der Waals surface area contributed by atoms with E-state index in [0.717, 1.165) is 11.3 Å². The van der Waals surface area contributed by atoms with Crippen LogP contribution < -0.4 is 11.1 Å². The van der Waals surface area contributed by atoms with Gasteiger partial charge in [0.15, 0.2) is 0 Å². The van der Waals surface area contributed by atoms with E-state index in [4.69, 9.17) is 0 Å². The first-order chi connectivity index (χ1) is 7.93. The number of rotatable bonds is 1. The van der Waals surface area contributed by atoms with Crippen molar-refractivity contribution in [3.8, 4) is 0 Å². The minimum atomic E-state index is -0.293. The topological polar surface area (TPSA) is 78.6 Å². The smallest absolute Gasteiger partial charge is 0.267 e. The van der Waals surface area contributed by atoms with Gasteiger partial charge in [-0.25, -0.2) is 0 Å². The summed E-state index contributed by atoms with van der Waals surface area (Å²) < 4.78 is 0. The van der Waals surface area contributed by atoms with Gasteiger partial charge in [0.1, 0.15) is 0 Å². The molecule has 17 heavy (non-hydrogen) atoms. The summed E-state index contributed by atoms with van der Waals surface area (Å²) in [6, 6.07) is 0. The lowest BCUT2D eigenvalue weighted by atomic mass is 10.00. The summed E-state index contributed by atoms with van der Waals surface area (Å²) >= 11 is 0. The SMILES string of the molecule is Cc1nc(C(C)C)c2c(=O)[nH][nH]c(=O)c2c1C. The van der Waals surface area contributed by atoms with Crippen LogP contribution in [0.4, 0.5) is 0 Å². The highest BCUT2D eigenvalue weighted by atomic mass is 16.1. The molecule has 2 N–H and O–H groups in total. The van der Waals surface area contributed by atoms with Crippen LogP contribution in [0.1, 0.15) is 36.7 Å². The Kier molecular flexibility index (Phi) is 2.61. The normalized spacial score (nSPS) is 11.4. The standard InChI is InChI=1S/C12H15N3O2/c1-5(2)10-9-8(6(3)7(4)13-10)11(16)14-15-12(9)17/h5H,1-4H3,(H,14,16)(H,15,17). The highest BCUT2D eigenvalue weighted by Crippen LogP contribution is 2.22. The van der Waals surface area contributed by atoms with Crippen LogP contribution >= 0.6 is 0 Å². The van der Waals surface area contributed by atoms with Crippen LogP contribution in [0.3, 0.4) is 0 Å². The summed E-state index contributed by atoms with van der Waals surface area (Å²) in [4.78, 5) is 28.1. The summed E-state index contributed by atoms with van der Waals surface area (Å²) in [6.45, 7) is 7.57. The minimum absolute atomic E-state index is 0.0969. The van der Waals surface area contributed by atoms with Crippen LogP contribution in [0.2, 0.25) is 0 Å². The number of nitrogens with one attached hydrogen (secondary N) is 2. The fraction of sp³-hybridized carbons (Fsp3) is 0.417. The zero-order valence-corrected chi connectivity index (χ0v) is 10.3. The molecule has 5 heteroatoms. The highest BCUT2D eigenvalue weighted by Gasteiger charge is 2.16. The molecule has 0 aliphatic heterocycles. The zero-order valence-electron chi connectivity index (χ0n) is 10.3. The van der Waals surface area contributed by atoms with Gasteiger partial charge in [-0.1, -0.05) is 13.8 Å². The molecular weight excluding hydrogens is 218 g/mol. The highest BCUT2D eigenvalue weighted by molar-refractivity contribution is 5.86. The Morgan fingerprint density at radius 1 is 1.00 bits per heavy atom. The largest absolute Gasteiger partial charge is 0.272 e. The molecule has 0 aliphatic rings. The van der Waals surface area contributed by atoms with Crippen LogP contribution in [0.5, 0.6) is 0 Å². The van der Waals surface area contributed by atoms with Crippen LogP contribution in [-0.2, 0) is 0 Å². The van der Waals surface area contributed by atoms with Gasteiger partial charge < -0.3 is 0 Å². The van der Waals surface area contributed by atoms with E-state index in [-0.39, 0.29) is 17.0 Å². The lowest BCUT2D eigenvalue weighted by Crippen LogP contribution is -2.22. The fourth-order valence-electron chi connectivity index (χ4n) is 1.99. The van der Waals surface area contributed by atoms with Crippen molar-refractivity contribution < 1.29 is 0 Å². The zero-order chi connectivity index (χ0) is 12.7. The lowest BCUT2D eigenvalue weighted by molar-refractivity contribution is 0.820. The van der Waals surface area contributed by atoms with Crippen molar-refractivity contribution in [3.05, 3.63) is 37.7 Å².